The van der Waals surface area contributed by atoms with Crippen molar-refractivity contribution in [3.63, 3.8) is 0 Å². The Hall–Kier alpha value is -2.73. The van der Waals surface area contributed by atoms with Gasteiger partial charge in [-0.1, -0.05) is 0 Å². The summed E-state index contributed by atoms with van der Waals surface area (Å²) in [6.45, 7) is 1.24. The molecule has 0 heterocycles. The van der Waals surface area contributed by atoms with Crippen LogP contribution < -0.4 is 24.4 Å². The average molecular weight is 371 g/mol. The number of anilines is 1. The van der Waals surface area contributed by atoms with E-state index in [0.717, 1.165) is 12.3 Å². The molecule has 0 saturated heterocycles. The van der Waals surface area contributed by atoms with Crippen LogP contribution in [-0.4, -0.2) is 39.8 Å². The maximum Gasteiger partial charge on any atom is 0.279 e. The van der Waals surface area contributed by atoms with Crippen LogP contribution in [-0.2, 0) is 11.3 Å². The standard InChI is InChI=1S/C21H26N2O4/c1-25-17-8-4-15(5-9-17)13-23(16-6-7-16)14-21(24)22-19-11-10-18(26-2)12-20(19)27-3/h4-5,8-12,16H,6-7,13-14H2,1-3H3,(H,22,24)/p+1. The van der Waals surface area contributed by atoms with Crippen molar-refractivity contribution in [3.05, 3.63) is 48.0 Å². The van der Waals surface area contributed by atoms with Crippen molar-refractivity contribution in [1.29, 1.82) is 0 Å². The Labute approximate surface area is 160 Å². The van der Waals surface area contributed by atoms with Crippen molar-refractivity contribution in [2.45, 2.75) is 25.4 Å². The van der Waals surface area contributed by atoms with E-state index in [1.54, 1.807) is 39.5 Å². The van der Waals surface area contributed by atoms with Gasteiger partial charge in [-0.3, -0.25) is 4.79 Å². The maximum atomic E-state index is 12.6. The predicted molar refractivity (Wildman–Crippen MR) is 104 cm³/mol. The van der Waals surface area contributed by atoms with E-state index in [0.29, 0.717) is 29.8 Å². The largest absolute Gasteiger partial charge is 0.497 e. The lowest BCUT2D eigenvalue weighted by atomic mass is 10.2. The molecule has 1 atom stereocenters. The minimum Gasteiger partial charge on any atom is -0.497 e. The van der Waals surface area contributed by atoms with Gasteiger partial charge in [0, 0.05) is 24.5 Å². The van der Waals surface area contributed by atoms with E-state index >= 15 is 0 Å². The smallest absolute Gasteiger partial charge is 0.279 e. The van der Waals surface area contributed by atoms with Gasteiger partial charge in [0.1, 0.15) is 23.8 Å². The van der Waals surface area contributed by atoms with E-state index in [1.807, 2.05) is 12.1 Å². The van der Waals surface area contributed by atoms with E-state index in [-0.39, 0.29) is 5.91 Å². The Kier molecular flexibility index (Phi) is 6.19. The molecular formula is C21H27N2O4+. The summed E-state index contributed by atoms with van der Waals surface area (Å²) in [6.07, 6.45) is 2.34. The highest BCUT2D eigenvalue weighted by atomic mass is 16.5. The summed E-state index contributed by atoms with van der Waals surface area (Å²) in [6, 6.07) is 14.0. The molecule has 1 unspecified atom stereocenters. The molecule has 0 radical (unpaired) electrons. The van der Waals surface area contributed by atoms with Crippen LogP contribution in [0.2, 0.25) is 0 Å². The van der Waals surface area contributed by atoms with Crippen LogP contribution in [0.25, 0.3) is 0 Å². The molecule has 0 aliphatic heterocycles. The second-order valence-electron chi connectivity index (χ2n) is 6.75. The zero-order valence-corrected chi connectivity index (χ0v) is 16.1. The lowest BCUT2D eigenvalue weighted by molar-refractivity contribution is -0.916. The SMILES string of the molecule is COc1ccc(C[NH+](CC(=O)Nc2ccc(OC)cc2OC)C2CC2)cc1. The number of carbonyl (C=O) groups is 1. The second kappa shape index (κ2) is 8.77. The quantitative estimate of drug-likeness (QED) is 0.707. The molecule has 1 saturated carbocycles. The Morgan fingerprint density at radius 3 is 2.26 bits per heavy atom. The number of ether oxygens (including phenoxy) is 3. The average Bonchev–Trinajstić information content (AvgIpc) is 3.53. The number of benzene rings is 2. The Morgan fingerprint density at radius 2 is 1.67 bits per heavy atom. The van der Waals surface area contributed by atoms with Crippen LogP contribution in [0.4, 0.5) is 5.69 Å². The third kappa shape index (κ3) is 5.14. The fourth-order valence-corrected chi connectivity index (χ4v) is 3.15. The minimum absolute atomic E-state index is 0.0196. The normalized spacial score (nSPS) is 14.3. The summed E-state index contributed by atoms with van der Waals surface area (Å²) in [4.78, 5) is 13.9. The number of methoxy groups -OCH3 is 3. The van der Waals surface area contributed by atoms with E-state index in [9.17, 15) is 4.79 Å². The molecule has 2 aromatic carbocycles. The summed E-state index contributed by atoms with van der Waals surface area (Å²) in [5.41, 5.74) is 1.86. The topological polar surface area (TPSA) is 61.2 Å². The molecule has 6 heteroatoms. The molecule has 1 aliphatic rings. The minimum atomic E-state index is -0.0196. The molecule has 0 aromatic heterocycles. The summed E-state index contributed by atoms with van der Waals surface area (Å²) >= 11 is 0. The Bertz CT molecular complexity index is 772. The fraction of sp³-hybridized carbons (Fsp3) is 0.381. The van der Waals surface area contributed by atoms with Crippen LogP contribution in [0, 0.1) is 0 Å². The first-order chi connectivity index (χ1) is 13.1. The summed E-state index contributed by atoms with van der Waals surface area (Å²) in [7, 11) is 4.84. The van der Waals surface area contributed by atoms with Gasteiger partial charge in [-0.2, -0.15) is 0 Å². The maximum absolute atomic E-state index is 12.6. The van der Waals surface area contributed by atoms with Gasteiger partial charge in [-0.05, 0) is 36.4 Å². The van der Waals surface area contributed by atoms with Crippen LogP contribution in [0.5, 0.6) is 17.2 Å². The van der Waals surface area contributed by atoms with Gasteiger partial charge in [-0.25, -0.2) is 0 Å². The first-order valence-corrected chi connectivity index (χ1v) is 9.12. The number of nitrogens with one attached hydrogen (secondary N) is 2. The number of hydrogen-bond acceptors (Lipinski definition) is 4. The van der Waals surface area contributed by atoms with Crippen molar-refractivity contribution >= 4 is 11.6 Å². The van der Waals surface area contributed by atoms with Crippen molar-refractivity contribution in [1.82, 2.24) is 0 Å². The van der Waals surface area contributed by atoms with Crippen LogP contribution in [0.15, 0.2) is 42.5 Å². The first-order valence-electron chi connectivity index (χ1n) is 9.12. The van der Waals surface area contributed by atoms with Crippen LogP contribution >= 0.6 is 0 Å². The molecule has 27 heavy (non-hydrogen) atoms. The van der Waals surface area contributed by atoms with Gasteiger partial charge in [0.25, 0.3) is 5.91 Å². The van der Waals surface area contributed by atoms with Crippen molar-refractivity contribution in [2.75, 3.05) is 33.2 Å². The van der Waals surface area contributed by atoms with Gasteiger partial charge < -0.3 is 24.4 Å². The molecule has 1 amide bonds. The molecule has 0 bridgehead atoms. The second-order valence-corrected chi connectivity index (χ2v) is 6.75. The molecule has 144 valence electrons. The first kappa shape index (κ1) is 19.0. The lowest BCUT2D eigenvalue weighted by Crippen LogP contribution is -3.13. The number of quaternary nitrogens is 1. The van der Waals surface area contributed by atoms with Crippen LogP contribution in [0.3, 0.4) is 0 Å². The zero-order chi connectivity index (χ0) is 19.2. The summed E-state index contributed by atoms with van der Waals surface area (Å²) in [5, 5.41) is 2.97. The predicted octanol–water partition coefficient (Wildman–Crippen LogP) is 1.90. The number of carbonyl (C=O) groups excluding carboxylic acids is 1. The van der Waals surface area contributed by atoms with Gasteiger partial charge in [0.2, 0.25) is 0 Å². The molecule has 2 aromatic rings. The number of rotatable bonds is 9. The molecule has 2 N–H and O–H groups in total. The van der Waals surface area contributed by atoms with Crippen molar-refractivity contribution in [2.24, 2.45) is 0 Å². The van der Waals surface area contributed by atoms with Gasteiger partial charge in [0.05, 0.1) is 33.1 Å². The van der Waals surface area contributed by atoms with E-state index in [4.69, 9.17) is 14.2 Å². The lowest BCUT2D eigenvalue weighted by Gasteiger charge is -2.19. The number of amides is 1. The van der Waals surface area contributed by atoms with Crippen molar-refractivity contribution in [3.8, 4) is 17.2 Å². The summed E-state index contributed by atoms with van der Waals surface area (Å²) in [5.74, 6) is 2.10. The monoisotopic (exact) mass is 371 g/mol. The third-order valence-corrected chi connectivity index (χ3v) is 4.82. The zero-order valence-electron chi connectivity index (χ0n) is 16.1. The highest BCUT2D eigenvalue weighted by molar-refractivity contribution is 5.93. The fourth-order valence-electron chi connectivity index (χ4n) is 3.15. The molecule has 1 fully saturated rings. The van der Waals surface area contributed by atoms with Gasteiger partial charge >= 0.3 is 0 Å². The van der Waals surface area contributed by atoms with Crippen molar-refractivity contribution < 1.29 is 23.9 Å². The molecular weight excluding hydrogens is 344 g/mol. The Balaban J connectivity index is 1.63. The van der Waals surface area contributed by atoms with Gasteiger partial charge in [-0.15, -0.1) is 0 Å². The molecule has 0 spiro atoms. The molecule has 3 rings (SSSR count). The molecule has 6 nitrogen and oxygen atoms in total. The van der Waals surface area contributed by atoms with E-state index in [1.165, 1.54) is 23.3 Å². The highest BCUT2D eigenvalue weighted by Crippen LogP contribution is 2.28. The molecule has 1 aliphatic carbocycles. The van der Waals surface area contributed by atoms with Crippen LogP contribution in [0.1, 0.15) is 18.4 Å². The highest BCUT2D eigenvalue weighted by Gasteiger charge is 2.34. The summed E-state index contributed by atoms with van der Waals surface area (Å²) < 4.78 is 15.8. The number of hydrogen-bond donors (Lipinski definition) is 2. The third-order valence-electron chi connectivity index (χ3n) is 4.82. The van der Waals surface area contributed by atoms with Gasteiger partial charge in [0.15, 0.2) is 6.54 Å². The van der Waals surface area contributed by atoms with E-state index in [2.05, 4.69) is 17.4 Å². The Morgan fingerprint density at radius 1 is 1.00 bits per heavy atom. The van der Waals surface area contributed by atoms with E-state index < -0.39 is 0 Å².